The van der Waals surface area contributed by atoms with Crippen LogP contribution in [0.1, 0.15) is 41.5 Å². The van der Waals surface area contributed by atoms with E-state index in [9.17, 15) is 4.79 Å². The molecule has 1 amide bonds. The lowest BCUT2D eigenvalue weighted by molar-refractivity contribution is -0.131. The van der Waals surface area contributed by atoms with Gasteiger partial charge in [0, 0.05) is 24.2 Å². The normalized spacial score (nSPS) is 22.1. The molecule has 0 saturated carbocycles. The molecule has 0 radical (unpaired) electrons. The molecule has 0 aromatic heterocycles. The van der Waals surface area contributed by atoms with Gasteiger partial charge in [-0.15, -0.1) is 0 Å². The van der Waals surface area contributed by atoms with Gasteiger partial charge in [-0.3, -0.25) is 9.69 Å². The fourth-order valence-corrected chi connectivity index (χ4v) is 1.99. The van der Waals surface area contributed by atoms with E-state index in [2.05, 4.69) is 24.1 Å². The summed E-state index contributed by atoms with van der Waals surface area (Å²) < 4.78 is 0. The second kappa shape index (κ2) is 4.58. The van der Waals surface area contributed by atoms with E-state index in [0.29, 0.717) is 5.92 Å². The number of nitrogens with two attached hydrogens (primary N) is 1. The van der Waals surface area contributed by atoms with Gasteiger partial charge in [0.2, 0.25) is 5.91 Å². The number of carbonyl (C=O) groups excluding carboxylic acids is 1. The van der Waals surface area contributed by atoms with Crippen LogP contribution < -0.4 is 11.1 Å². The molecule has 0 spiro atoms. The van der Waals surface area contributed by atoms with Crippen molar-refractivity contribution in [2.24, 2.45) is 11.7 Å². The van der Waals surface area contributed by atoms with E-state index in [4.69, 9.17) is 5.73 Å². The van der Waals surface area contributed by atoms with E-state index in [-0.39, 0.29) is 23.0 Å². The Bertz CT molecular complexity index is 288. The van der Waals surface area contributed by atoms with Gasteiger partial charge in [-0.1, -0.05) is 13.8 Å². The summed E-state index contributed by atoms with van der Waals surface area (Å²) in [6.07, 6.45) is 0. The number of nitrogens with zero attached hydrogens (tertiary/aromatic N) is 1. The maximum absolute atomic E-state index is 12.0. The number of hydrogen-bond donors (Lipinski definition) is 2. The first-order valence-electron chi connectivity index (χ1n) is 6.40. The molecule has 1 fully saturated rings. The highest BCUT2D eigenvalue weighted by Crippen LogP contribution is 2.27. The average Bonchev–Trinajstić information content (AvgIpc) is 2.08. The largest absolute Gasteiger partial charge is 0.350 e. The molecule has 0 aliphatic carbocycles. The molecule has 1 aliphatic rings. The Labute approximate surface area is 105 Å². The molecule has 1 saturated heterocycles. The summed E-state index contributed by atoms with van der Waals surface area (Å²) >= 11 is 0. The first-order chi connectivity index (χ1) is 7.55. The number of amides is 1. The standard InChI is InChI=1S/C13H27N3O/c1-9(2)13(14)7-16(8-13)10(3)11(17)15-12(4,5)6/h9-10H,7-8,14H2,1-6H3,(H,15,17). The van der Waals surface area contributed by atoms with Crippen molar-refractivity contribution in [3.63, 3.8) is 0 Å². The fraction of sp³-hybridized carbons (Fsp3) is 0.923. The van der Waals surface area contributed by atoms with Crippen LogP contribution in [0.5, 0.6) is 0 Å². The zero-order chi connectivity index (χ0) is 13.4. The van der Waals surface area contributed by atoms with E-state index in [1.54, 1.807) is 0 Å². The van der Waals surface area contributed by atoms with E-state index in [1.165, 1.54) is 0 Å². The molecule has 100 valence electrons. The van der Waals surface area contributed by atoms with Crippen LogP contribution in [0.3, 0.4) is 0 Å². The zero-order valence-corrected chi connectivity index (χ0v) is 12.0. The number of nitrogens with one attached hydrogen (secondary N) is 1. The SMILES string of the molecule is CC(C(=O)NC(C)(C)C)N1CC(N)(C(C)C)C1. The molecule has 0 aromatic rings. The lowest BCUT2D eigenvalue weighted by Gasteiger charge is -2.52. The highest BCUT2D eigenvalue weighted by atomic mass is 16.2. The van der Waals surface area contributed by atoms with Crippen molar-refractivity contribution in [3.05, 3.63) is 0 Å². The highest BCUT2D eigenvalue weighted by molar-refractivity contribution is 5.82. The zero-order valence-electron chi connectivity index (χ0n) is 12.0. The Kier molecular flexibility index (Phi) is 3.89. The Balaban J connectivity index is 2.47. The third-order valence-corrected chi connectivity index (χ3v) is 3.57. The Morgan fingerprint density at radius 3 is 2.12 bits per heavy atom. The summed E-state index contributed by atoms with van der Waals surface area (Å²) in [7, 11) is 0. The van der Waals surface area contributed by atoms with Crippen molar-refractivity contribution < 1.29 is 4.79 Å². The topological polar surface area (TPSA) is 58.4 Å². The molecule has 4 heteroatoms. The first-order valence-corrected chi connectivity index (χ1v) is 6.40. The molecule has 1 unspecified atom stereocenters. The first kappa shape index (κ1) is 14.5. The van der Waals surface area contributed by atoms with Crippen molar-refractivity contribution in [1.29, 1.82) is 0 Å². The highest BCUT2D eigenvalue weighted by Gasteiger charge is 2.45. The van der Waals surface area contributed by atoms with Crippen molar-refractivity contribution in [2.45, 2.75) is 58.7 Å². The predicted octanol–water partition coefficient (Wildman–Crippen LogP) is 0.959. The monoisotopic (exact) mass is 241 g/mol. The van der Waals surface area contributed by atoms with E-state index >= 15 is 0 Å². The fourth-order valence-electron chi connectivity index (χ4n) is 1.99. The van der Waals surface area contributed by atoms with Gasteiger partial charge in [-0.2, -0.15) is 0 Å². The van der Waals surface area contributed by atoms with Gasteiger partial charge in [0.1, 0.15) is 0 Å². The average molecular weight is 241 g/mol. The predicted molar refractivity (Wildman–Crippen MR) is 70.7 cm³/mol. The summed E-state index contributed by atoms with van der Waals surface area (Å²) in [6.45, 7) is 13.8. The third-order valence-electron chi connectivity index (χ3n) is 3.57. The molecule has 1 heterocycles. The molecular formula is C13H27N3O. The molecule has 3 N–H and O–H groups in total. The summed E-state index contributed by atoms with van der Waals surface area (Å²) in [6, 6.07) is -0.0929. The van der Waals surface area contributed by atoms with Gasteiger partial charge < -0.3 is 11.1 Å². The van der Waals surface area contributed by atoms with E-state index in [1.807, 2.05) is 27.7 Å². The minimum atomic E-state index is -0.173. The molecule has 0 bridgehead atoms. The smallest absolute Gasteiger partial charge is 0.237 e. The van der Waals surface area contributed by atoms with Crippen LogP contribution in [-0.2, 0) is 4.79 Å². The van der Waals surface area contributed by atoms with E-state index < -0.39 is 0 Å². The molecular weight excluding hydrogens is 214 g/mol. The second-order valence-electron chi connectivity index (χ2n) is 6.71. The van der Waals surface area contributed by atoms with Crippen LogP contribution >= 0.6 is 0 Å². The summed E-state index contributed by atoms with van der Waals surface area (Å²) in [5.41, 5.74) is 5.94. The van der Waals surface area contributed by atoms with Crippen LogP contribution in [0.2, 0.25) is 0 Å². The van der Waals surface area contributed by atoms with Crippen molar-refractivity contribution in [2.75, 3.05) is 13.1 Å². The molecule has 1 aliphatic heterocycles. The number of hydrogen-bond acceptors (Lipinski definition) is 3. The lowest BCUT2D eigenvalue weighted by Crippen LogP contribution is -2.73. The van der Waals surface area contributed by atoms with Crippen molar-refractivity contribution in [3.8, 4) is 0 Å². The van der Waals surface area contributed by atoms with Crippen LogP contribution in [0, 0.1) is 5.92 Å². The van der Waals surface area contributed by atoms with Gasteiger partial charge in [-0.05, 0) is 33.6 Å². The van der Waals surface area contributed by atoms with Crippen LogP contribution in [0.25, 0.3) is 0 Å². The van der Waals surface area contributed by atoms with Crippen LogP contribution in [0.15, 0.2) is 0 Å². The number of carbonyl (C=O) groups is 1. The van der Waals surface area contributed by atoms with Crippen LogP contribution in [0.4, 0.5) is 0 Å². The maximum Gasteiger partial charge on any atom is 0.237 e. The number of rotatable bonds is 3. The van der Waals surface area contributed by atoms with Gasteiger partial charge in [0.15, 0.2) is 0 Å². The summed E-state index contributed by atoms with van der Waals surface area (Å²) in [4.78, 5) is 14.1. The number of likely N-dealkylation sites (tertiary alicyclic amines) is 1. The Hall–Kier alpha value is -0.610. The molecule has 17 heavy (non-hydrogen) atoms. The van der Waals surface area contributed by atoms with Crippen LogP contribution in [-0.4, -0.2) is 41.0 Å². The minimum absolute atomic E-state index is 0.0864. The second-order valence-corrected chi connectivity index (χ2v) is 6.71. The van der Waals surface area contributed by atoms with Gasteiger partial charge in [0.05, 0.1) is 6.04 Å². The van der Waals surface area contributed by atoms with Crippen molar-refractivity contribution in [1.82, 2.24) is 10.2 Å². The Morgan fingerprint density at radius 1 is 1.29 bits per heavy atom. The maximum atomic E-state index is 12.0. The van der Waals surface area contributed by atoms with Gasteiger partial charge in [-0.25, -0.2) is 0 Å². The quantitative estimate of drug-likeness (QED) is 0.774. The minimum Gasteiger partial charge on any atom is -0.350 e. The molecule has 1 rings (SSSR count). The molecule has 4 nitrogen and oxygen atoms in total. The van der Waals surface area contributed by atoms with E-state index in [0.717, 1.165) is 13.1 Å². The third kappa shape index (κ3) is 3.42. The molecule has 1 atom stereocenters. The summed E-state index contributed by atoms with van der Waals surface area (Å²) in [5.74, 6) is 0.542. The lowest BCUT2D eigenvalue weighted by atomic mass is 9.79. The Morgan fingerprint density at radius 2 is 1.76 bits per heavy atom. The summed E-state index contributed by atoms with van der Waals surface area (Å²) in [5, 5.41) is 3.00. The molecule has 0 aromatic carbocycles. The van der Waals surface area contributed by atoms with Crippen molar-refractivity contribution >= 4 is 5.91 Å². The van der Waals surface area contributed by atoms with Gasteiger partial charge >= 0.3 is 0 Å². The van der Waals surface area contributed by atoms with Gasteiger partial charge in [0.25, 0.3) is 0 Å².